The molecule has 0 amide bonds. The van der Waals surface area contributed by atoms with Crippen LogP contribution in [0.4, 0.5) is 0 Å². The average molecular weight is 205 g/mol. The minimum atomic E-state index is 0.253. The number of hydrogen-bond donors (Lipinski definition) is 1. The lowest BCUT2D eigenvalue weighted by Crippen LogP contribution is -2.16. The lowest BCUT2D eigenvalue weighted by molar-refractivity contribution is 0.653. The lowest BCUT2D eigenvalue weighted by Gasteiger charge is -2.09. The summed E-state index contributed by atoms with van der Waals surface area (Å²) in [6, 6.07) is 0.253. The van der Waals surface area contributed by atoms with Gasteiger partial charge in [0.2, 0.25) is 0 Å². The molecule has 3 nitrogen and oxygen atoms in total. The Morgan fingerprint density at radius 3 is 2.80 bits per heavy atom. The van der Waals surface area contributed by atoms with Gasteiger partial charge in [0.25, 0.3) is 0 Å². The Hall–Kier alpha value is -0.960. The minimum Gasteiger partial charge on any atom is -0.328 e. The highest BCUT2D eigenvalue weighted by Gasteiger charge is 2.27. The highest BCUT2D eigenvalue weighted by molar-refractivity contribution is 5.28. The quantitative estimate of drug-likeness (QED) is 0.817. The lowest BCUT2D eigenvalue weighted by atomic mass is 10.0. The molecule has 82 valence electrons. The zero-order valence-corrected chi connectivity index (χ0v) is 9.53. The van der Waals surface area contributed by atoms with Crippen LogP contribution in [0.2, 0.25) is 0 Å². The van der Waals surface area contributed by atoms with Crippen molar-refractivity contribution in [3.63, 3.8) is 0 Å². The molecule has 0 aliphatic heterocycles. The fourth-order valence-corrected chi connectivity index (χ4v) is 1.89. The van der Waals surface area contributed by atoms with Gasteiger partial charge in [-0.3, -0.25) is 0 Å². The minimum absolute atomic E-state index is 0.253. The van der Waals surface area contributed by atoms with Crippen LogP contribution >= 0.6 is 0 Å². The fourth-order valence-electron chi connectivity index (χ4n) is 1.89. The molecule has 15 heavy (non-hydrogen) atoms. The second-order valence-electron chi connectivity index (χ2n) is 4.62. The third kappa shape index (κ3) is 2.53. The van der Waals surface area contributed by atoms with Crippen molar-refractivity contribution in [3.05, 3.63) is 23.3 Å². The van der Waals surface area contributed by atoms with E-state index < -0.39 is 0 Å². The third-order valence-corrected chi connectivity index (χ3v) is 3.03. The van der Waals surface area contributed by atoms with Gasteiger partial charge in [-0.2, -0.15) is 0 Å². The van der Waals surface area contributed by atoms with E-state index in [1.54, 1.807) is 6.33 Å². The van der Waals surface area contributed by atoms with Gasteiger partial charge >= 0.3 is 0 Å². The molecule has 3 heteroatoms. The van der Waals surface area contributed by atoms with Crippen LogP contribution < -0.4 is 5.73 Å². The van der Waals surface area contributed by atoms with Crippen LogP contribution in [0.3, 0.4) is 0 Å². The van der Waals surface area contributed by atoms with E-state index in [1.807, 2.05) is 6.92 Å². The molecule has 2 rings (SSSR count). The molecule has 0 spiro atoms. The van der Waals surface area contributed by atoms with Crippen LogP contribution in [0.15, 0.2) is 6.33 Å². The van der Waals surface area contributed by atoms with Gasteiger partial charge in [-0.1, -0.05) is 0 Å². The van der Waals surface area contributed by atoms with Crippen LogP contribution in [0.25, 0.3) is 0 Å². The zero-order chi connectivity index (χ0) is 10.8. The molecule has 0 bridgehead atoms. The van der Waals surface area contributed by atoms with Gasteiger partial charge in [0, 0.05) is 17.7 Å². The van der Waals surface area contributed by atoms with E-state index in [0.29, 0.717) is 5.92 Å². The second-order valence-corrected chi connectivity index (χ2v) is 4.62. The first-order chi connectivity index (χ1) is 7.18. The number of hydrogen-bond acceptors (Lipinski definition) is 3. The maximum Gasteiger partial charge on any atom is 0.115 e. The molecule has 1 aromatic heterocycles. The van der Waals surface area contributed by atoms with Gasteiger partial charge in [0.1, 0.15) is 6.33 Å². The van der Waals surface area contributed by atoms with E-state index in [1.165, 1.54) is 29.8 Å². The molecule has 1 aliphatic rings. The molecule has 1 unspecified atom stereocenters. The molecule has 0 aromatic carbocycles. The van der Waals surface area contributed by atoms with Crippen LogP contribution in [0, 0.1) is 6.92 Å². The Kier molecular flexibility index (Phi) is 3.00. The Labute approximate surface area is 91.1 Å². The van der Waals surface area contributed by atoms with E-state index in [0.717, 1.165) is 12.8 Å². The molecule has 1 aliphatic carbocycles. The van der Waals surface area contributed by atoms with Crippen LogP contribution in [-0.4, -0.2) is 16.0 Å². The Morgan fingerprint density at radius 1 is 1.47 bits per heavy atom. The Bertz CT molecular complexity index is 343. The molecule has 1 heterocycles. The zero-order valence-electron chi connectivity index (χ0n) is 9.53. The van der Waals surface area contributed by atoms with Gasteiger partial charge in [-0.15, -0.1) is 0 Å². The van der Waals surface area contributed by atoms with Crippen LogP contribution in [-0.2, 0) is 6.42 Å². The van der Waals surface area contributed by atoms with Crippen molar-refractivity contribution >= 4 is 0 Å². The molecular formula is C12H19N3. The normalized spacial score (nSPS) is 17.8. The summed E-state index contributed by atoms with van der Waals surface area (Å²) in [6.45, 7) is 4.18. The molecule has 0 saturated heterocycles. The number of aryl methyl sites for hydroxylation is 1. The summed E-state index contributed by atoms with van der Waals surface area (Å²) in [4.78, 5) is 8.74. The first kappa shape index (κ1) is 10.6. The fraction of sp³-hybridized carbons (Fsp3) is 0.667. The Morgan fingerprint density at radius 2 is 2.20 bits per heavy atom. The van der Waals surface area contributed by atoms with Gasteiger partial charge in [-0.05, 0) is 45.1 Å². The van der Waals surface area contributed by atoms with Gasteiger partial charge in [0.05, 0.1) is 5.69 Å². The number of nitrogens with two attached hydrogens (primary N) is 1. The van der Waals surface area contributed by atoms with Gasteiger partial charge in [0.15, 0.2) is 0 Å². The first-order valence-corrected chi connectivity index (χ1v) is 5.74. The summed E-state index contributed by atoms with van der Waals surface area (Å²) < 4.78 is 0. The third-order valence-electron chi connectivity index (χ3n) is 3.03. The van der Waals surface area contributed by atoms with Crippen molar-refractivity contribution in [2.24, 2.45) is 5.73 Å². The van der Waals surface area contributed by atoms with Gasteiger partial charge in [-0.25, -0.2) is 9.97 Å². The largest absolute Gasteiger partial charge is 0.328 e. The highest BCUT2D eigenvalue weighted by atomic mass is 14.9. The smallest absolute Gasteiger partial charge is 0.115 e. The van der Waals surface area contributed by atoms with Crippen molar-refractivity contribution in [1.29, 1.82) is 0 Å². The van der Waals surface area contributed by atoms with Crippen molar-refractivity contribution in [3.8, 4) is 0 Å². The van der Waals surface area contributed by atoms with E-state index in [2.05, 4.69) is 16.9 Å². The average Bonchev–Trinajstić information content (AvgIpc) is 2.99. The van der Waals surface area contributed by atoms with Crippen molar-refractivity contribution in [2.75, 3.05) is 0 Å². The maximum absolute atomic E-state index is 5.76. The molecule has 1 fully saturated rings. The summed E-state index contributed by atoms with van der Waals surface area (Å²) in [7, 11) is 0. The summed E-state index contributed by atoms with van der Waals surface area (Å²) in [5, 5.41) is 0. The predicted molar refractivity (Wildman–Crippen MR) is 60.7 cm³/mol. The van der Waals surface area contributed by atoms with Crippen LogP contribution in [0.1, 0.15) is 49.1 Å². The van der Waals surface area contributed by atoms with Crippen molar-refractivity contribution in [1.82, 2.24) is 9.97 Å². The van der Waals surface area contributed by atoms with Gasteiger partial charge < -0.3 is 5.73 Å². The molecule has 0 radical (unpaired) electrons. The number of rotatable bonds is 4. The van der Waals surface area contributed by atoms with Crippen LogP contribution in [0.5, 0.6) is 0 Å². The van der Waals surface area contributed by atoms with E-state index in [-0.39, 0.29) is 6.04 Å². The Balaban J connectivity index is 2.12. The number of aromatic nitrogens is 2. The summed E-state index contributed by atoms with van der Waals surface area (Å²) in [6.07, 6.45) is 6.28. The summed E-state index contributed by atoms with van der Waals surface area (Å²) in [5.74, 6) is 0.710. The molecule has 1 saturated carbocycles. The second kappa shape index (κ2) is 4.27. The molecule has 2 N–H and O–H groups in total. The van der Waals surface area contributed by atoms with Crippen molar-refractivity contribution in [2.45, 2.75) is 51.5 Å². The maximum atomic E-state index is 5.76. The topological polar surface area (TPSA) is 51.8 Å². The molecular weight excluding hydrogens is 186 g/mol. The monoisotopic (exact) mass is 205 g/mol. The summed E-state index contributed by atoms with van der Waals surface area (Å²) >= 11 is 0. The number of nitrogens with zero attached hydrogens (tertiary/aromatic N) is 2. The first-order valence-electron chi connectivity index (χ1n) is 5.74. The SMILES string of the molecule is Cc1c(CCC(C)N)ncnc1C1CC1. The van der Waals surface area contributed by atoms with E-state index >= 15 is 0 Å². The standard InChI is InChI=1S/C12H19N3/c1-8(13)3-6-11-9(2)12(10-4-5-10)15-7-14-11/h7-8,10H,3-6,13H2,1-2H3. The molecule has 1 aromatic rings. The predicted octanol–water partition coefficient (Wildman–Crippen LogP) is 1.94. The van der Waals surface area contributed by atoms with Crippen molar-refractivity contribution < 1.29 is 0 Å². The van der Waals surface area contributed by atoms with E-state index in [9.17, 15) is 0 Å². The van der Waals surface area contributed by atoms with E-state index in [4.69, 9.17) is 5.73 Å². The highest BCUT2D eigenvalue weighted by Crippen LogP contribution is 2.40. The summed E-state index contributed by atoms with van der Waals surface area (Å²) in [5.41, 5.74) is 9.50. The molecule has 1 atom stereocenters.